The van der Waals surface area contributed by atoms with Crippen molar-refractivity contribution < 1.29 is 9.53 Å². The van der Waals surface area contributed by atoms with Crippen molar-refractivity contribution in [2.75, 3.05) is 0 Å². The predicted octanol–water partition coefficient (Wildman–Crippen LogP) is 3.59. The molecule has 1 unspecified atom stereocenters. The minimum atomic E-state index is -0.313. The summed E-state index contributed by atoms with van der Waals surface area (Å²) in [5, 5.41) is 0. The van der Waals surface area contributed by atoms with Gasteiger partial charge < -0.3 is 4.74 Å². The molecular formula is C12H13BrO2. The maximum absolute atomic E-state index is 10.6. The van der Waals surface area contributed by atoms with Crippen LogP contribution in [0.4, 0.5) is 0 Å². The molecule has 0 N–H and O–H groups in total. The molecule has 0 saturated carbocycles. The summed E-state index contributed by atoms with van der Waals surface area (Å²) in [6, 6.07) is 10.0. The van der Waals surface area contributed by atoms with Crippen LogP contribution in [0.1, 0.15) is 25.3 Å². The number of esters is 1. The van der Waals surface area contributed by atoms with Crippen molar-refractivity contribution >= 4 is 21.9 Å². The first-order valence-corrected chi connectivity index (χ1v) is 5.48. The normalized spacial score (nSPS) is 13.4. The number of hydrogen-bond donors (Lipinski definition) is 0. The maximum atomic E-state index is 10.6. The van der Waals surface area contributed by atoms with Crippen LogP contribution >= 0.6 is 15.9 Å². The molecule has 1 rings (SSSR count). The second-order valence-electron chi connectivity index (χ2n) is 3.24. The third kappa shape index (κ3) is 3.88. The second kappa shape index (κ2) is 5.71. The quantitative estimate of drug-likeness (QED) is 0.619. The average Bonchev–Trinajstić information content (AvgIpc) is 2.26. The van der Waals surface area contributed by atoms with Gasteiger partial charge in [0.05, 0.1) is 0 Å². The van der Waals surface area contributed by atoms with E-state index in [1.165, 1.54) is 18.7 Å². The van der Waals surface area contributed by atoms with Crippen molar-refractivity contribution in [1.82, 2.24) is 0 Å². The largest absolute Gasteiger partial charge is 0.434 e. The van der Waals surface area contributed by atoms with Crippen LogP contribution in [0.5, 0.6) is 0 Å². The molecule has 1 aromatic carbocycles. The van der Waals surface area contributed by atoms with E-state index in [2.05, 4.69) is 15.9 Å². The van der Waals surface area contributed by atoms with Gasteiger partial charge in [-0.05, 0) is 5.56 Å². The molecule has 1 atom stereocenters. The Kier molecular flexibility index (Phi) is 4.56. The molecule has 1 aromatic rings. The first-order chi connectivity index (χ1) is 7.11. The number of carbonyl (C=O) groups excluding carboxylic acids is 1. The number of allylic oxidation sites excluding steroid dienone is 1. The van der Waals surface area contributed by atoms with E-state index in [1.54, 1.807) is 0 Å². The summed E-state index contributed by atoms with van der Waals surface area (Å²) in [4.78, 5) is 10.6. The van der Waals surface area contributed by atoms with E-state index in [0.29, 0.717) is 0 Å². The first-order valence-electron chi connectivity index (χ1n) is 4.69. The summed E-state index contributed by atoms with van der Waals surface area (Å²) in [5.41, 5.74) is 1.17. The van der Waals surface area contributed by atoms with Gasteiger partial charge in [0.1, 0.15) is 6.26 Å². The molecule has 0 heterocycles. The van der Waals surface area contributed by atoms with Gasteiger partial charge in [0, 0.05) is 17.3 Å². The molecule has 15 heavy (non-hydrogen) atoms. The van der Waals surface area contributed by atoms with E-state index < -0.39 is 0 Å². The third-order valence-electron chi connectivity index (χ3n) is 2.05. The molecule has 80 valence electrons. The summed E-state index contributed by atoms with van der Waals surface area (Å²) in [5.74, 6) is -0.127. The highest BCUT2D eigenvalue weighted by Gasteiger charge is 2.08. The molecule has 0 bridgehead atoms. The molecular weight excluding hydrogens is 256 g/mol. The lowest BCUT2D eigenvalue weighted by Crippen LogP contribution is -1.96. The van der Waals surface area contributed by atoms with Crippen molar-refractivity contribution in [3.8, 4) is 0 Å². The van der Waals surface area contributed by atoms with Crippen molar-refractivity contribution in [2.45, 2.75) is 19.8 Å². The standard InChI is InChI=1S/C12H13BrO2/c1-9(11-6-4-3-5-7-11)12(13)8-15-10(2)14/h3-9H,1-2H3/b12-8-. The van der Waals surface area contributed by atoms with Crippen LogP contribution in [-0.4, -0.2) is 5.97 Å². The fraction of sp³-hybridized carbons (Fsp3) is 0.250. The van der Waals surface area contributed by atoms with E-state index in [-0.39, 0.29) is 11.9 Å². The van der Waals surface area contributed by atoms with Crippen LogP contribution in [0.15, 0.2) is 41.1 Å². The molecule has 3 heteroatoms. The summed E-state index contributed by atoms with van der Waals surface area (Å²) in [6.07, 6.45) is 1.44. The molecule has 0 aliphatic carbocycles. The summed E-state index contributed by atoms with van der Waals surface area (Å²) in [6.45, 7) is 3.42. The Balaban J connectivity index is 2.72. The monoisotopic (exact) mass is 268 g/mol. The van der Waals surface area contributed by atoms with Gasteiger partial charge in [0.15, 0.2) is 0 Å². The Hall–Kier alpha value is -1.09. The van der Waals surface area contributed by atoms with E-state index in [9.17, 15) is 4.79 Å². The Morgan fingerprint density at radius 3 is 2.53 bits per heavy atom. The van der Waals surface area contributed by atoms with Crippen molar-refractivity contribution in [2.24, 2.45) is 0 Å². The van der Waals surface area contributed by atoms with E-state index in [0.717, 1.165) is 4.48 Å². The summed E-state index contributed by atoms with van der Waals surface area (Å²) in [7, 11) is 0. The number of halogens is 1. The smallest absolute Gasteiger partial charge is 0.307 e. The van der Waals surface area contributed by atoms with Crippen molar-refractivity contribution in [1.29, 1.82) is 0 Å². The van der Waals surface area contributed by atoms with Gasteiger partial charge in [0.2, 0.25) is 0 Å². The molecule has 0 fully saturated rings. The molecule has 0 radical (unpaired) electrons. The van der Waals surface area contributed by atoms with Crippen LogP contribution in [0.25, 0.3) is 0 Å². The zero-order valence-electron chi connectivity index (χ0n) is 8.74. The maximum Gasteiger partial charge on any atom is 0.307 e. The van der Waals surface area contributed by atoms with E-state index in [4.69, 9.17) is 4.74 Å². The van der Waals surface area contributed by atoms with Crippen LogP contribution in [0.2, 0.25) is 0 Å². The number of ether oxygens (including phenoxy) is 1. The van der Waals surface area contributed by atoms with Gasteiger partial charge in [-0.2, -0.15) is 0 Å². The van der Waals surface area contributed by atoms with Crippen LogP contribution < -0.4 is 0 Å². The van der Waals surface area contributed by atoms with Crippen LogP contribution in [-0.2, 0) is 9.53 Å². The zero-order valence-corrected chi connectivity index (χ0v) is 10.3. The highest BCUT2D eigenvalue weighted by Crippen LogP contribution is 2.27. The SMILES string of the molecule is CC(=O)O/C=C(\Br)C(C)c1ccccc1. The molecule has 2 nitrogen and oxygen atoms in total. The number of benzene rings is 1. The van der Waals surface area contributed by atoms with Gasteiger partial charge in [-0.25, -0.2) is 0 Å². The minimum absolute atomic E-state index is 0.186. The molecule has 0 spiro atoms. The Labute approximate surface area is 98.1 Å². The summed E-state index contributed by atoms with van der Waals surface area (Å²) < 4.78 is 5.65. The van der Waals surface area contributed by atoms with E-state index in [1.807, 2.05) is 37.3 Å². The lowest BCUT2D eigenvalue weighted by atomic mass is 10.0. The molecule has 0 aliphatic rings. The number of rotatable bonds is 3. The first kappa shape index (κ1) is 12.0. The highest BCUT2D eigenvalue weighted by molar-refractivity contribution is 9.11. The molecule has 0 saturated heterocycles. The van der Waals surface area contributed by atoms with Crippen molar-refractivity contribution in [3.63, 3.8) is 0 Å². The Morgan fingerprint density at radius 1 is 1.40 bits per heavy atom. The van der Waals surface area contributed by atoms with Gasteiger partial charge in [-0.3, -0.25) is 4.79 Å². The van der Waals surface area contributed by atoms with Gasteiger partial charge in [-0.1, -0.05) is 53.2 Å². The number of carbonyl (C=O) groups is 1. The fourth-order valence-electron chi connectivity index (χ4n) is 1.14. The lowest BCUT2D eigenvalue weighted by Gasteiger charge is -2.10. The highest BCUT2D eigenvalue weighted by atomic mass is 79.9. The van der Waals surface area contributed by atoms with Gasteiger partial charge in [-0.15, -0.1) is 0 Å². The third-order valence-corrected chi connectivity index (χ3v) is 2.92. The Morgan fingerprint density at radius 2 is 2.00 bits per heavy atom. The van der Waals surface area contributed by atoms with Gasteiger partial charge in [0.25, 0.3) is 0 Å². The topological polar surface area (TPSA) is 26.3 Å². The van der Waals surface area contributed by atoms with Crippen LogP contribution in [0.3, 0.4) is 0 Å². The fourth-order valence-corrected chi connectivity index (χ4v) is 1.50. The lowest BCUT2D eigenvalue weighted by molar-refractivity contribution is -0.135. The predicted molar refractivity (Wildman–Crippen MR) is 63.6 cm³/mol. The van der Waals surface area contributed by atoms with Crippen molar-refractivity contribution in [3.05, 3.63) is 46.6 Å². The number of hydrogen-bond acceptors (Lipinski definition) is 2. The second-order valence-corrected chi connectivity index (χ2v) is 4.16. The zero-order chi connectivity index (χ0) is 11.3. The summed E-state index contributed by atoms with van der Waals surface area (Å²) >= 11 is 3.39. The molecule has 0 aromatic heterocycles. The average molecular weight is 269 g/mol. The van der Waals surface area contributed by atoms with Crippen LogP contribution in [0, 0.1) is 0 Å². The molecule has 0 amide bonds. The van der Waals surface area contributed by atoms with E-state index >= 15 is 0 Å². The minimum Gasteiger partial charge on any atom is -0.434 e. The Bertz CT molecular complexity index is 357. The molecule has 0 aliphatic heterocycles. The van der Waals surface area contributed by atoms with Gasteiger partial charge >= 0.3 is 5.97 Å².